The predicted octanol–water partition coefficient (Wildman–Crippen LogP) is 3.82. The molecule has 3 rings (SSSR count). The van der Waals surface area contributed by atoms with Crippen molar-refractivity contribution in [1.82, 2.24) is 5.43 Å². The molecule has 0 aromatic heterocycles. The summed E-state index contributed by atoms with van der Waals surface area (Å²) in [6.45, 7) is 4.02. The molecule has 31 heavy (non-hydrogen) atoms. The van der Waals surface area contributed by atoms with Gasteiger partial charge in [0, 0.05) is 11.3 Å². The zero-order valence-electron chi connectivity index (χ0n) is 16.6. The molecule has 0 fully saturated rings. The van der Waals surface area contributed by atoms with Gasteiger partial charge in [-0.1, -0.05) is 30.9 Å². The van der Waals surface area contributed by atoms with E-state index in [2.05, 4.69) is 21.8 Å². The van der Waals surface area contributed by atoms with Gasteiger partial charge >= 0.3 is 0 Å². The second-order valence-corrected chi connectivity index (χ2v) is 8.05. The second-order valence-electron chi connectivity index (χ2n) is 6.36. The van der Waals surface area contributed by atoms with Gasteiger partial charge in [-0.15, -0.1) is 0 Å². The Labute approximate surface area is 181 Å². The third-order valence-corrected chi connectivity index (χ3v) is 5.48. The Kier molecular flexibility index (Phi) is 7.18. The average molecular weight is 436 g/mol. The maximum Gasteiger partial charge on any atom is 0.271 e. The van der Waals surface area contributed by atoms with Gasteiger partial charge in [-0.2, -0.15) is 5.10 Å². The molecule has 0 unspecified atom stereocenters. The van der Waals surface area contributed by atoms with Gasteiger partial charge in [0.2, 0.25) is 0 Å². The monoisotopic (exact) mass is 435 g/mol. The highest BCUT2D eigenvalue weighted by atomic mass is 32.2. The molecule has 0 atom stereocenters. The molecule has 3 aromatic carbocycles. The summed E-state index contributed by atoms with van der Waals surface area (Å²) in [7, 11) is -3.69. The van der Waals surface area contributed by atoms with Crippen LogP contribution in [0.5, 0.6) is 5.75 Å². The van der Waals surface area contributed by atoms with Crippen molar-refractivity contribution in [2.24, 2.45) is 5.10 Å². The minimum Gasteiger partial charge on any atom is -0.490 e. The van der Waals surface area contributed by atoms with E-state index in [1.54, 1.807) is 36.4 Å². The van der Waals surface area contributed by atoms with Crippen molar-refractivity contribution in [3.05, 3.63) is 103 Å². The number of hydrogen-bond acceptors (Lipinski definition) is 5. The quantitative estimate of drug-likeness (QED) is 0.303. The first-order valence-corrected chi connectivity index (χ1v) is 10.8. The number of sulfonamides is 1. The van der Waals surface area contributed by atoms with Crippen LogP contribution < -0.4 is 14.9 Å². The van der Waals surface area contributed by atoms with Crippen LogP contribution in [0.2, 0.25) is 0 Å². The molecule has 0 bridgehead atoms. The van der Waals surface area contributed by atoms with Gasteiger partial charge in [-0.25, -0.2) is 13.8 Å². The Morgan fingerprint density at radius 2 is 1.65 bits per heavy atom. The number of rotatable bonds is 9. The lowest BCUT2D eigenvalue weighted by Crippen LogP contribution is -2.18. The van der Waals surface area contributed by atoms with Crippen LogP contribution in [0.15, 0.2) is 102 Å². The summed E-state index contributed by atoms with van der Waals surface area (Å²) < 4.78 is 32.6. The van der Waals surface area contributed by atoms with Gasteiger partial charge in [0.15, 0.2) is 0 Å². The number of amides is 1. The van der Waals surface area contributed by atoms with E-state index in [0.29, 0.717) is 23.6 Å². The van der Waals surface area contributed by atoms with Gasteiger partial charge in [0.1, 0.15) is 12.4 Å². The molecule has 0 aliphatic rings. The first-order valence-electron chi connectivity index (χ1n) is 9.33. The van der Waals surface area contributed by atoms with E-state index in [0.717, 1.165) is 5.56 Å². The molecule has 0 aliphatic carbocycles. The van der Waals surface area contributed by atoms with Crippen LogP contribution in [0, 0.1) is 0 Å². The fourth-order valence-corrected chi connectivity index (χ4v) is 3.62. The largest absolute Gasteiger partial charge is 0.490 e. The SMILES string of the molecule is C=CCOc1ccc(/C=N\NC(=O)c2ccc(NS(=O)(=O)c3ccccc3)cc2)cc1. The van der Waals surface area contributed by atoms with Gasteiger partial charge in [0.05, 0.1) is 11.1 Å². The Bertz CT molecular complexity index is 1160. The highest BCUT2D eigenvalue weighted by molar-refractivity contribution is 7.92. The number of benzene rings is 3. The molecule has 2 N–H and O–H groups in total. The minimum atomic E-state index is -3.69. The summed E-state index contributed by atoms with van der Waals surface area (Å²) in [5.74, 6) is 0.295. The highest BCUT2D eigenvalue weighted by Crippen LogP contribution is 2.16. The van der Waals surface area contributed by atoms with Crippen LogP contribution in [-0.2, 0) is 10.0 Å². The number of ether oxygens (including phenoxy) is 1. The summed E-state index contributed by atoms with van der Waals surface area (Å²) in [4.78, 5) is 12.4. The first-order chi connectivity index (χ1) is 15.0. The van der Waals surface area contributed by atoms with E-state index in [-0.39, 0.29) is 4.90 Å². The Morgan fingerprint density at radius 3 is 2.29 bits per heavy atom. The lowest BCUT2D eigenvalue weighted by molar-refractivity contribution is 0.0955. The highest BCUT2D eigenvalue weighted by Gasteiger charge is 2.13. The minimum absolute atomic E-state index is 0.159. The van der Waals surface area contributed by atoms with Crippen LogP contribution in [0.4, 0.5) is 5.69 Å². The van der Waals surface area contributed by atoms with Crippen molar-refractivity contribution in [3.8, 4) is 5.75 Å². The van der Waals surface area contributed by atoms with Gasteiger partial charge in [0.25, 0.3) is 15.9 Å². The lowest BCUT2D eigenvalue weighted by Gasteiger charge is -2.08. The molecular formula is C23H21N3O4S. The van der Waals surface area contributed by atoms with E-state index in [1.807, 2.05) is 12.1 Å². The lowest BCUT2D eigenvalue weighted by atomic mass is 10.2. The zero-order chi connectivity index (χ0) is 22.1. The molecule has 0 aliphatic heterocycles. The molecule has 0 saturated carbocycles. The molecule has 0 heterocycles. The van der Waals surface area contributed by atoms with Gasteiger partial charge in [-0.3, -0.25) is 9.52 Å². The molecule has 8 heteroatoms. The number of nitrogens with one attached hydrogen (secondary N) is 2. The maximum absolute atomic E-state index is 12.3. The van der Waals surface area contributed by atoms with Crippen LogP contribution >= 0.6 is 0 Å². The van der Waals surface area contributed by atoms with Crippen molar-refractivity contribution in [2.45, 2.75) is 4.90 Å². The third-order valence-electron chi connectivity index (χ3n) is 4.08. The summed E-state index contributed by atoms with van der Waals surface area (Å²) >= 11 is 0. The number of carbonyl (C=O) groups excluding carboxylic acids is 1. The number of carbonyl (C=O) groups is 1. The molecule has 7 nitrogen and oxygen atoms in total. The topological polar surface area (TPSA) is 96.9 Å². The molecule has 3 aromatic rings. The van der Waals surface area contributed by atoms with E-state index >= 15 is 0 Å². The number of hydrogen-bond donors (Lipinski definition) is 2. The third kappa shape index (κ3) is 6.28. The fraction of sp³-hybridized carbons (Fsp3) is 0.0435. The van der Waals surface area contributed by atoms with Crippen LogP contribution in [0.1, 0.15) is 15.9 Å². The van der Waals surface area contributed by atoms with Crippen LogP contribution in [0.3, 0.4) is 0 Å². The van der Waals surface area contributed by atoms with Crippen LogP contribution in [-0.4, -0.2) is 27.1 Å². The average Bonchev–Trinajstić information content (AvgIpc) is 2.79. The standard InChI is InChI=1S/C23H21N3O4S/c1-2-16-30-21-14-8-18(9-15-21)17-24-25-23(27)19-10-12-20(13-11-19)26-31(28,29)22-6-4-3-5-7-22/h2-15,17,26H,1,16H2,(H,25,27)/b24-17-. The number of nitrogens with zero attached hydrogens (tertiary/aromatic N) is 1. The van der Waals surface area contributed by atoms with E-state index in [1.165, 1.54) is 42.6 Å². The molecule has 158 valence electrons. The van der Waals surface area contributed by atoms with Gasteiger partial charge in [-0.05, 0) is 66.2 Å². The predicted molar refractivity (Wildman–Crippen MR) is 121 cm³/mol. The molecular weight excluding hydrogens is 414 g/mol. The summed E-state index contributed by atoms with van der Waals surface area (Å²) in [5.41, 5.74) is 3.92. The molecule has 0 saturated heterocycles. The maximum atomic E-state index is 12.3. The number of hydrazone groups is 1. The molecule has 0 radical (unpaired) electrons. The first kappa shape index (κ1) is 21.8. The Balaban J connectivity index is 1.56. The van der Waals surface area contributed by atoms with Crippen LogP contribution in [0.25, 0.3) is 0 Å². The van der Waals surface area contributed by atoms with Crippen molar-refractivity contribution in [1.29, 1.82) is 0 Å². The summed E-state index contributed by atoms with van der Waals surface area (Å²) in [5, 5.41) is 3.94. The summed E-state index contributed by atoms with van der Waals surface area (Å²) in [6, 6.07) is 21.3. The smallest absolute Gasteiger partial charge is 0.271 e. The van der Waals surface area contributed by atoms with Crippen molar-refractivity contribution in [2.75, 3.05) is 11.3 Å². The normalized spacial score (nSPS) is 11.1. The van der Waals surface area contributed by atoms with E-state index in [9.17, 15) is 13.2 Å². The molecule has 0 spiro atoms. The Hall–Kier alpha value is -3.91. The van der Waals surface area contributed by atoms with Gasteiger partial charge < -0.3 is 4.74 Å². The second kappa shape index (κ2) is 10.2. The Morgan fingerprint density at radius 1 is 0.968 bits per heavy atom. The summed E-state index contributed by atoms with van der Waals surface area (Å²) in [6.07, 6.45) is 3.17. The van der Waals surface area contributed by atoms with Crippen molar-refractivity contribution < 1.29 is 17.9 Å². The molecule has 1 amide bonds. The van der Waals surface area contributed by atoms with Crippen molar-refractivity contribution in [3.63, 3.8) is 0 Å². The van der Waals surface area contributed by atoms with E-state index < -0.39 is 15.9 Å². The van der Waals surface area contributed by atoms with E-state index in [4.69, 9.17) is 4.74 Å². The zero-order valence-corrected chi connectivity index (χ0v) is 17.4. The fourth-order valence-electron chi connectivity index (χ4n) is 2.54. The van der Waals surface area contributed by atoms with Crippen molar-refractivity contribution >= 4 is 27.8 Å². The number of anilines is 1.